The van der Waals surface area contributed by atoms with Gasteiger partial charge in [-0.05, 0) is 55.2 Å². The number of nitrogens with zero attached hydrogens (tertiary/aromatic N) is 6. The molecule has 0 aliphatic carbocycles. The first-order valence-corrected chi connectivity index (χ1v) is 18.3. The van der Waals surface area contributed by atoms with E-state index in [-0.39, 0.29) is 29.0 Å². The Morgan fingerprint density at radius 3 is 2.47 bits per heavy atom. The number of aryl methyl sites for hydroxylation is 1. The first-order valence-electron chi connectivity index (χ1n) is 18.3. The van der Waals surface area contributed by atoms with E-state index in [0.29, 0.717) is 67.2 Å². The second kappa shape index (κ2) is 13.9. The quantitative estimate of drug-likeness (QED) is 0.173. The maximum Gasteiger partial charge on any atom is 0.387 e. The molecule has 2 bridgehead atoms. The topological polar surface area (TPSA) is 104 Å². The number of piperazine rings is 1. The van der Waals surface area contributed by atoms with Gasteiger partial charge in [-0.1, -0.05) is 6.92 Å². The van der Waals surface area contributed by atoms with Crippen molar-refractivity contribution in [1.82, 2.24) is 29.5 Å². The third kappa shape index (κ3) is 6.37. The Labute approximate surface area is 304 Å². The molecule has 280 valence electrons. The molecular formula is C38H43F4N8O3+. The summed E-state index contributed by atoms with van der Waals surface area (Å²) in [5.41, 5.74) is 2.38. The fourth-order valence-electron chi connectivity index (χ4n) is 8.76. The van der Waals surface area contributed by atoms with E-state index in [2.05, 4.69) is 37.3 Å². The molecule has 4 aromatic rings. The van der Waals surface area contributed by atoms with Crippen LogP contribution in [0.3, 0.4) is 0 Å². The third-order valence-electron chi connectivity index (χ3n) is 12.0. The summed E-state index contributed by atoms with van der Waals surface area (Å²) in [5.74, 6) is -2.57. The lowest BCUT2D eigenvalue weighted by Gasteiger charge is -2.63. The number of carbonyl (C=O) groups excluding carboxylic acids is 2. The zero-order valence-corrected chi connectivity index (χ0v) is 29.7. The van der Waals surface area contributed by atoms with E-state index in [4.69, 9.17) is 0 Å². The van der Waals surface area contributed by atoms with Crippen molar-refractivity contribution >= 4 is 29.0 Å². The smallest absolute Gasteiger partial charge is 0.387 e. The van der Waals surface area contributed by atoms with Crippen molar-refractivity contribution in [3.05, 3.63) is 71.7 Å². The minimum absolute atomic E-state index is 0.0591. The van der Waals surface area contributed by atoms with Gasteiger partial charge in [0.05, 0.1) is 45.0 Å². The predicted molar refractivity (Wildman–Crippen MR) is 189 cm³/mol. The van der Waals surface area contributed by atoms with Crippen LogP contribution >= 0.6 is 0 Å². The predicted octanol–water partition coefficient (Wildman–Crippen LogP) is 5.08. The number of carbonyl (C=O) groups is 2. The van der Waals surface area contributed by atoms with Gasteiger partial charge in [0, 0.05) is 67.2 Å². The standard InChI is InChI=1S/C38H42F4N8O3/c1-3-23-14-25(46-34-35-45-18-30(49(35)13-10-44-34)29-6-7-31(53-38(41)42)33(40)32(29)39)4-5-28(23)37(52)47-11-8-24(9-12-47)36(51)48-19-26-15-27(20-48)50(26,2)21-22-16-43-17-22/h4-7,10,13-14,18,22,24,26-27,38,43H,3,8-9,11-12,15-17,19-21H2,1-2H3/p+1. The van der Waals surface area contributed by atoms with E-state index in [1.165, 1.54) is 36.0 Å². The maximum absolute atomic E-state index is 15.0. The number of hydrogen-bond donors (Lipinski definition) is 2. The highest BCUT2D eigenvalue weighted by atomic mass is 19.3. The van der Waals surface area contributed by atoms with Gasteiger partial charge in [0.15, 0.2) is 23.0 Å². The van der Waals surface area contributed by atoms with E-state index in [1.807, 2.05) is 17.9 Å². The Balaban J connectivity index is 0.909. The maximum atomic E-state index is 15.0. The molecule has 2 aromatic heterocycles. The number of halogens is 4. The van der Waals surface area contributed by atoms with Gasteiger partial charge in [-0.15, -0.1) is 0 Å². The minimum atomic E-state index is -3.30. The first kappa shape index (κ1) is 35.3. The molecule has 53 heavy (non-hydrogen) atoms. The van der Waals surface area contributed by atoms with Crippen LogP contribution in [0.5, 0.6) is 5.75 Å². The Morgan fingerprint density at radius 1 is 1.04 bits per heavy atom. The molecule has 2 amide bonds. The number of fused-ring (bicyclic) bond motifs is 3. The third-order valence-corrected chi connectivity index (χ3v) is 12.0. The fourth-order valence-corrected chi connectivity index (χ4v) is 8.76. The lowest BCUT2D eigenvalue weighted by atomic mass is 9.80. The molecular weight excluding hydrogens is 692 g/mol. The number of anilines is 2. The number of benzene rings is 2. The average molecular weight is 736 g/mol. The van der Waals surface area contributed by atoms with Crippen LogP contribution in [0.2, 0.25) is 0 Å². The van der Waals surface area contributed by atoms with Gasteiger partial charge in [0.2, 0.25) is 11.7 Å². The number of ether oxygens (including phenoxy) is 1. The van der Waals surface area contributed by atoms with E-state index in [0.717, 1.165) is 54.3 Å². The van der Waals surface area contributed by atoms with E-state index in [9.17, 15) is 27.2 Å². The van der Waals surface area contributed by atoms with Crippen molar-refractivity contribution in [2.24, 2.45) is 11.8 Å². The number of rotatable bonds is 10. The normalized spacial score (nSPS) is 23.2. The van der Waals surface area contributed by atoms with Crippen LogP contribution < -0.4 is 15.4 Å². The largest absolute Gasteiger partial charge is 0.432 e. The van der Waals surface area contributed by atoms with Gasteiger partial charge in [-0.25, -0.2) is 14.4 Å². The van der Waals surface area contributed by atoms with E-state index in [1.54, 1.807) is 12.1 Å². The summed E-state index contributed by atoms with van der Waals surface area (Å²) in [4.78, 5) is 40.1. The van der Waals surface area contributed by atoms with Crippen LogP contribution in [0.15, 0.2) is 48.9 Å². The molecule has 5 aliphatic rings. The molecule has 5 fully saturated rings. The SMILES string of the molecule is CCc1cc(Nc2nccn3c(-c4ccc(OC(F)F)c(F)c4F)cnc23)ccc1C(=O)N1CCC(C(=O)N2CC3CC(C2)[N+]3(C)CC2CNC2)CC1. The number of imidazole rings is 1. The van der Waals surface area contributed by atoms with Crippen LogP contribution in [0.4, 0.5) is 29.1 Å². The first-order chi connectivity index (χ1) is 25.5. The van der Waals surface area contributed by atoms with Crippen molar-refractivity contribution in [2.75, 3.05) is 58.2 Å². The van der Waals surface area contributed by atoms with Gasteiger partial charge < -0.3 is 29.7 Å². The fraction of sp³-hybridized carbons (Fsp3) is 0.474. The summed E-state index contributed by atoms with van der Waals surface area (Å²) in [6.07, 6.45) is 7.45. The molecule has 7 heterocycles. The molecule has 5 aliphatic heterocycles. The van der Waals surface area contributed by atoms with E-state index >= 15 is 0 Å². The number of nitrogens with one attached hydrogen (secondary N) is 2. The number of hydrogen-bond acceptors (Lipinski definition) is 7. The lowest BCUT2D eigenvalue weighted by Crippen LogP contribution is -2.80. The van der Waals surface area contributed by atoms with Crippen molar-refractivity contribution in [3.63, 3.8) is 0 Å². The number of amides is 2. The molecule has 0 radical (unpaired) electrons. The monoisotopic (exact) mass is 735 g/mol. The van der Waals surface area contributed by atoms with Crippen LogP contribution in [0.25, 0.3) is 16.9 Å². The molecule has 2 N–H and O–H groups in total. The molecule has 0 spiro atoms. The van der Waals surface area contributed by atoms with Crippen LogP contribution in [0, 0.1) is 23.5 Å². The molecule has 0 saturated carbocycles. The van der Waals surface area contributed by atoms with E-state index < -0.39 is 24.0 Å². The average Bonchev–Trinajstić information content (AvgIpc) is 3.59. The minimum Gasteiger partial charge on any atom is -0.432 e. The van der Waals surface area contributed by atoms with Gasteiger partial charge in [-0.3, -0.25) is 14.0 Å². The van der Waals surface area contributed by atoms with Crippen molar-refractivity contribution in [3.8, 4) is 17.0 Å². The summed E-state index contributed by atoms with van der Waals surface area (Å²) in [5, 5.41) is 6.61. The Bertz CT molecular complexity index is 2040. The summed E-state index contributed by atoms with van der Waals surface area (Å²) >= 11 is 0. The highest BCUT2D eigenvalue weighted by Gasteiger charge is 2.58. The molecule has 9 rings (SSSR count). The summed E-state index contributed by atoms with van der Waals surface area (Å²) in [6, 6.07) is 8.60. The molecule has 2 unspecified atom stereocenters. The van der Waals surface area contributed by atoms with Gasteiger partial charge in [0.25, 0.3) is 5.91 Å². The highest BCUT2D eigenvalue weighted by Crippen LogP contribution is 2.41. The van der Waals surface area contributed by atoms with Crippen molar-refractivity contribution in [2.45, 2.75) is 51.3 Å². The summed E-state index contributed by atoms with van der Waals surface area (Å²) in [7, 11) is 2.37. The summed E-state index contributed by atoms with van der Waals surface area (Å²) in [6.45, 7) is 4.83. The van der Waals surface area contributed by atoms with Crippen molar-refractivity contribution in [1.29, 1.82) is 0 Å². The second-order valence-corrected chi connectivity index (χ2v) is 15.0. The zero-order valence-electron chi connectivity index (χ0n) is 29.7. The van der Waals surface area contributed by atoms with Crippen LogP contribution in [0.1, 0.15) is 42.1 Å². The van der Waals surface area contributed by atoms with Gasteiger partial charge >= 0.3 is 6.61 Å². The van der Waals surface area contributed by atoms with Crippen LogP contribution in [-0.4, -0.2) is 112 Å². The molecule has 2 aromatic carbocycles. The zero-order chi connectivity index (χ0) is 37.0. The summed E-state index contributed by atoms with van der Waals surface area (Å²) < 4.78 is 61.4. The molecule has 2 atom stereocenters. The highest BCUT2D eigenvalue weighted by molar-refractivity contribution is 5.96. The number of likely N-dealkylation sites (N-methyl/N-ethyl adjacent to an activating group) is 1. The number of likely N-dealkylation sites (tertiary alicyclic amines) is 1. The number of piperidine rings is 2. The Kier molecular flexibility index (Phi) is 9.25. The van der Waals surface area contributed by atoms with Gasteiger partial charge in [0.1, 0.15) is 12.1 Å². The number of aromatic nitrogens is 3. The molecule has 15 heteroatoms. The number of quaternary nitrogens is 1. The Hall–Kier alpha value is -4.76. The number of alkyl halides is 2. The molecule has 5 saturated heterocycles. The van der Waals surface area contributed by atoms with Crippen LogP contribution in [-0.2, 0) is 11.2 Å². The molecule has 11 nitrogen and oxygen atoms in total. The van der Waals surface area contributed by atoms with Gasteiger partial charge in [-0.2, -0.15) is 13.2 Å². The van der Waals surface area contributed by atoms with Crippen molar-refractivity contribution < 1.29 is 36.4 Å². The Morgan fingerprint density at radius 2 is 1.79 bits per heavy atom. The second-order valence-electron chi connectivity index (χ2n) is 15.0. The lowest BCUT2D eigenvalue weighted by molar-refractivity contribution is -1.00.